The lowest BCUT2D eigenvalue weighted by Crippen LogP contribution is -2.36. The van der Waals surface area contributed by atoms with E-state index in [0.717, 1.165) is 23.5 Å². The van der Waals surface area contributed by atoms with Crippen molar-refractivity contribution in [2.24, 2.45) is 0 Å². The van der Waals surface area contributed by atoms with Crippen molar-refractivity contribution in [2.75, 3.05) is 12.4 Å². The van der Waals surface area contributed by atoms with E-state index in [4.69, 9.17) is 0 Å². The molecule has 1 N–H and O–H groups in total. The third-order valence-corrected chi connectivity index (χ3v) is 3.98. The van der Waals surface area contributed by atoms with Gasteiger partial charge >= 0.3 is 6.03 Å². The summed E-state index contributed by atoms with van der Waals surface area (Å²) in [5, 5.41) is 3.72. The fourth-order valence-electron chi connectivity index (χ4n) is 1.68. The van der Waals surface area contributed by atoms with Crippen molar-refractivity contribution in [1.29, 1.82) is 0 Å². The van der Waals surface area contributed by atoms with Crippen LogP contribution in [-0.2, 0) is 0 Å². The molecule has 1 heterocycles. The first-order valence-corrected chi connectivity index (χ1v) is 7.27. The Bertz CT molecular complexity index is 385. The number of rotatable bonds is 5. The van der Waals surface area contributed by atoms with Crippen molar-refractivity contribution < 1.29 is 4.79 Å². The van der Waals surface area contributed by atoms with Gasteiger partial charge in [0.15, 0.2) is 0 Å². The number of anilines is 1. The molecule has 1 aromatic heterocycles. The summed E-state index contributed by atoms with van der Waals surface area (Å²) in [6.45, 7) is 8.31. The van der Waals surface area contributed by atoms with E-state index in [-0.39, 0.29) is 12.1 Å². The van der Waals surface area contributed by atoms with Gasteiger partial charge in [-0.1, -0.05) is 13.8 Å². The number of urea groups is 1. The fraction of sp³-hybridized carbons (Fsp3) is 0.692. The highest BCUT2D eigenvalue weighted by Gasteiger charge is 2.15. The number of carbonyl (C=O) groups excluding carboxylic acids is 1. The molecule has 0 radical (unpaired) electrons. The summed E-state index contributed by atoms with van der Waals surface area (Å²) in [6, 6.07) is 2.11. The van der Waals surface area contributed by atoms with Crippen LogP contribution in [0.1, 0.15) is 52.1 Å². The highest BCUT2D eigenvalue weighted by atomic mass is 32.1. The van der Waals surface area contributed by atoms with Crippen molar-refractivity contribution in [2.45, 2.75) is 52.5 Å². The molecule has 18 heavy (non-hydrogen) atoms. The van der Waals surface area contributed by atoms with Crippen molar-refractivity contribution in [1.82, 2.24) is 9.27 Å². The summed E-state index contributed by atoms with van der Waals surface area (Å²) in [5.74, 6) is 0.495. The molecule has 0 aromatic carbocycles. The number of amides is 2. The molecule has 0 spiro atoms. The standard InChI is InChI=1S/C13H23N3OS/c1-6-10(7-2)11-8-12(18-15-11)14-13(17)16(5)9(3)4/h8-10H,6-7H2,1-5H3,(H,14,17). The number of nitrogens with zero attached hydrogens (tertiary/aromatic N) is 2. The second-order valence-electron chi connectivity index (χ2n) is 4.76. The van der Waals surface area contributed by atoms with Gasteiger partial charge in [0.2, 0.25) is 0 Å². The number of hydrogen-bond donors (Lipinski definition) is 1. The molecule has 102 valence electrons. The summed E-state index contributed by atoms with van der Waals surface area (Å²) in [5.41, 5.74) is 1.09. The third-order valence-electron chi connectivity index (χ3n) is 3.26. The minimum absolute atomic E-state index is 0.0789. The van der Waals surface area contributed by atoms with E-state index in [2.05, 4.69) is 23.5 Å². The summed E-state index contributed by atoms with van der Waals surface area (Å²) in [4.78, 5) is 13.5. The Balaban J connectivity index is 2.67. The van der Waals surface area contributed by atoms with Gasteiger partial charge in [-0.3, -0.25) is 5.32 Å². The van der Waals surface area contributed by atoms with Gasteiger partial charge in [-0.15, -0.1) is 0 Å². The van der Waals surface area contributed by atoms with Crippen molar-refractivity contribution in [3.8, 4) is 0 Å². The third kappa shape index (κ3) is 3.70. The normalized spacial score (nSPS) is 11.1. The Kier molecular flexibility index (Phi) is 5.59. The first kappa shape index (κ1) is 15.0. The van der Waals surface area contributed by atoms with Crippen LogP contribution in [0, 0.1) is 0 Å². The Morgan fingerprint density at radius 2 is 2.06 bits per heavy atom. The zero-order valence-corrected chi connectivity index (χ0v) is 12.7. The Morgan fingerprint density at radius 3 is 2.56 bits per heavy atom. The van der Waals surface area contributed by atoms with E-state index >= 15 is 0 Å². The predicted octanol–water partition coefficient (Wildman–Crippen LogP) is 3.92. The lowest BCUT2D eigenvalue weighted by atomic mass is 10.00. The van der Waals surface area contributed by atoms with Gasteiger partial charge in [0.25, 0.3) is 0 Å². The van der Waals surface area contributed by atoms with Gasteiger partial charge in [0, 0.05) is 19.0 Å². The van der Waals surface area contributed by atoms with Crippen LogP contribution < -0.4 is 5.32 Å². The summed E-state index contributed by atoms with van der Waals surface area (Å²) < 4.78 is 4.42. The second-order valence-corrected chi connectivity index (χ2v) is 5.57. The molecule has 4 nitrogen and oxygen atoms in total. The lowest BCUT2D eigenvalue weighted by Gasteiger charge is -2.21. The van der Waals surface area contributed by atoms with Crippen LogP contribution in [0.15, 0.2) is 6.07 Å². The van der Waals surface area contributed by atoms with Crippen molar-refractivity contribution in [3.63, 3.8) is 0 Å². The zero-order chi connectivity index (χ0) is 13.7. The summed E-state index contributed by atoms with van der Waals surface area (Å²) in [6.07, 6.45) is 2.17. The quantitative estimate of drug-likeness (QED) is 0.880. The highest BCUT2D eigenvalue weighted by molar-refractivity contribution is 7.10. The minimum atomic E-state index is -0.0789. The van der Waals surface area contributed by atoms with E-state index in [1.807, 2.05) is 19.9 Å². The molecule has 0 saturated heterocycles. The first-order chi connectivity index (χ1) is 8.49. The summed E-state index contributed by atoms with van der Waals surface area (Å²) >= 11 is 1.36. The topological polar surface area (TPSA) is 45.2 Å². The molecule has 0 fully saturated rings. The molecule has 0 saturated carbocycles. The average molecular weight is 269 g/mol. The van der Waals surface area contributed by atoms with Crippen molar-refractivity contribution >= 4 is 22.6 Å². The van der Waals surface area contributed by atoms with Crippen LogP contribution in [-0.4, -0.2) is 28.4 Å². The molecule has 0 bridgehead atoms. The van der Waals surface area contributed by atoms with E-state index < -0.39 is 0 Å². The largest absolute Gasteiger partial charge is 0.325 e. The monoisotopic (exact) mass is 269 g/mol. The molecule has 2 amide bonds. The molecular weight excluding hydrogens is 246 g/mol. The molecule has 1 aromatic rings. The Morgan fingerprint density at radius 1 is 1.44 bits per heavy atom. The molecule has 0 atom stereocenters. The van der Waals surface area contributed by atoms with Crippen LogP contribution in [0.5, 0.6) is 0 Å². The average Bonchev–Trinajstić information content (AvgIpc) is 2.78. The second kappa shape index (κ2) is 6.73. The zero-order valence-electron chi connectivity index (χ0n) is 11.9. The number of carbonyl (C=O) groups is 1. The predicted molar refractivity (Wildman–Crippen MR) is 77.4 cm³/mol. The van der Waals surface area contributed by atoms with E-state index in [9.17, 15) is 4.79 Å². The van der Waals surface area contributed by atoms with Gasteiger partial charge in [-0.2, -0.15) is 4.37 Å². The van der Waals surface area contributed by atoms with Crippen LogP contribution in [0.2, 0.25) is 0 Å². The van der Waals surface area contributed by atoms with Crippen LogP contribution in [0.25, 0.3) is 0 Å². The SMILES string of the molecule is CCC(CC)c1cc(NC(=O)N(C)C(C)C)sn1. The van der Waals surface area contributed by atoms with E-state index in [1.165, 1.54) is 11.5 Å². The smallest absolute Gasteiger partial charge is 0.322 e. The Hall–Kier alpha value is -1.10. The van der Waals surface area contributed by atoms with Gasteiger partial charge in [0.1, 0.15) is 5.00 Å². The number of aromatic nitrogens is 1. The van der Waals surface area contributed by atoms with Crippen molar-refractivity contribution in [3.05, 3.63) is 11.8 Å². The maximum absolute atomic E-state index is 11.9. The first-order valence-electron chi connectivity index (χ1n) is 6.49. The van der Waals surface area contributed by atoms with E-state index in [1.54, 1.807) is 11.9 Å². The van der Waals surface area contributed by atoms with Gasteiger partial charge in [-0.25, -0.2) is 4.79 Å². The lowest BCUT2D eigenvalue weighted by molar-refractivity contribution is 0.211. The van der Waals surface area contributed by atoms with Gasteiger partial charge in [0.05, 0.1) is 5.69 Å². The van der Waals surface area contributed by atoms with E-state index in [0.29, 0.717) is 5.92 Å². The van der Waals surface area contributed by atoms with Crippen LogP contribution >= 0.6 is 11.5 Å². The summed E-state index contributed by atoms with van der Waals surface area (Å²) in [7, 11) is 1.79. The molecule has 5 heteroatoms. The maximum atomic E-state index is 11.9. The fourth-order valence-corrected chi connectivity index (χ4v) is 2.39. The number of hydrogen-bond acceptors (Lipinski definition) is 3. The van der Waals surface area contributed by atoms with Crippen LogP contribution in [0.4, 0.5) is 9.80 Å². The maximum Gasteiger partial charge on any atom is 0.322 e. The molecule has 0 unspecified atom stereocenters. The minimum Gasteiger partial charge on any atom is -0.325 e. The highest BCUT2D eigenvalue weighted by Crippen LogP contribution is 2.27. The Labute approximate surface area is 114 Å². The van der Waals surface area contributed by atoms with Crippen LogP contribution in [0.3, 0.4) is 0 Å². The molecule has 0 aliphatic heterocycles. The molecule has 1 rings (SSSR count). The molecular formula is C13H23N3OS. The molecule has 0 aliphatic rings. The number of nitrogens with one attached hydrogen (secondary N) is 1. The molecule has 0 aliphatic carbocycles. The van der Waals surface area contributed by atoms with Gasteiger partial charge < -0.3 is 4.90 Å². The van der Waals surface area contributed by atoms with Gasteiger partial charge in [-0.05, 0) is 44.3 Å².